The van der Waals surface area contributed by atoms with Crippen LogP contribution < -0.4 is 5.32 Å². The number of urea groups is 1. The number of nitrogens with zero attached hydrogens (tertiary/aromatic N) is 3. The van der Waals surface area contributed by atoms with E-state index >= 15 is 0 Å². The van der Waals surface area contributed by atoms with Crippen molar-refractivity contribution in [3.05, 3.63) is 108 Å². The monoisotopic (exact) mass is 598 g/mol. The summed E-state index contributed by atoms with van der Waals surface area (Å²) < 4.78 is 5.51. The Morgan fingerprint density at radius 1 is 0.875 bits per heavy atom. The summed E-state index contributed by atoms with van der Waals surface area (Å²) in [6.45, 7) is 5.42. The number of halogens is 2. The molecule has 0 unspecified atom stereocenters. The number of ether oxygens (including phenoxy) is 1. The Bertz CT molecular complexity index is 1230. The van der Waals surface area contributed by atoms with Crippen molar-refractivity contribution in [2.45, 2.75) is 12.3 Å². The fourth-order valence-electron chi connectivity index (χ4n) is 4.83. The summed E-state index contributed by atoms with van der Waals surface area (Å²) in [5.74, 6) is 0.209. The van der Waals surface area contributed by atoms with Gasteiger partial charge in [0, 0.05) is 49.6 Å². The lowest BCUT2D eigenvalue weighted by molar-refractivity contribution is 0.0351. The van der Waals surface area contributed by atoms with Gasteiger partial charge in [0.05, 0.1) is 18.9 Å². The number of rotatable bonds is 10. The van der Waals surface area contributed by atoms with Gasteiger partial charge in [-0.3, -0.25) is 10.2 Å². The van der Waals surface area contributed by atoms with E-state index in [-0.39, 0.29) is 36.8 Å². The Kier molecular flexibility index (Phi) is 12.9. The molecule has 0 radical (unpaired) electrons. The molecule has 1 saturated heterocycles. The van der Waals surface area contributed by atoms with Crippen LogP contribution in [0, 0.1) is 0 Å². The van der Waals surface area contributed by atoms with Crippen molar-refractivity contribution >= 4 is 47.3 Å². The molecule has 0 bridgehead atoms. The van der Waals surface area contributed by atoms with Crippen LogP contribution in [0.1, 0.15) is 23.5 Å². The number of anilines is 1. The first-order valence-corrected chi connectivity index (χ1v) is 14.1. The van der Waals surface area contributed by atoms with Crippen molar-refractivity contribution in [1.29, 1.82) is 0 Å². The van der Waals surface area contributed by atoms with Gasteiger partial charge in [0.15, 0.2) is 5.13 Å². The summed E-state index contributed by atoms with van der Waals surface area (Å²) in [6.07, 6.45) is 0.831. The molecule has 40 heavy (non-hydrogen) atoms. The zero-order valence-electron chi connectivity index (χ0n) is 22.4. The molecule has 1 aromatic heterocycles. The van der Waals surface area contributed by atoms with Gasteiger partial charge in [-0.25, -0.2) is 9.78 Å². The van der Waals surface area contributed by atoms with Gasteiger partial charge in [0.2, 0.25) is 0 Å². The molecule has 0 atom stereocenters. The number of benzene rings is 3. The van der Waals surface area contributed by atoms with Gasteiger partial charge in [-0.05, 0) is 17.5 Å². The zero-order chi connectivity index (χ0) is 26.0. The molecule has 6 nitrogen and oxygen atoms in total. The number of carbonyl (C=O) groups is 1. The highest BCUT2D eigenvalue weighted by Gasteiger charge is 2.21. The maximum absolute atomic E-state index is 13.6. The standard InChI is InChI=1S/C31H34N4O2S.2ClH/c36-31(33-30-32-29(24-38-30)27-14-8-3-9-15-27)35(19-18-34-20-22-37-23-21-34)17-16-28(25-10-4-1-5-11-25)26-12-6-2-7-13-26;;/h1-15,24,28H,16-23H2,(H,32,33,36);2*1H. The molecule has 1 aliphatic rings. The van der Waals surface area contributed by atoms with E-state index in [4.69, 9.17) is 4.74 Å². The van der Waals surface area contributed by atoms with Crippen LogP contribution in [0.15, 0.2) is 96.4 Å². The Labute approximate surface area is 253 Å². The molecule has 2 amide bonds. The Hall–Kier alpha value is -2.94. The lowest BCUT2D eigenvalue weighted by Gasteiger charge is -2.31. The molecule has 0 saturated carbocycles. The summed E-state index contributed by atoms with van der Waals surface area (Å²) in [5.41, 5.74) is 4.44. The summed E-state index contributed by atoms with van der Waals surface area (Å²) >= 11 is 1.46. The third-order valence-electron chi connectivity index (χ3n) is 6.96. The van der Waals surface area contributed by atoms with E-state index in [1.165, 1.54) is 22.5 Å². The number of aromatic nitrogens is 1. The van der Waals surface area contributed by atoms with Gasteiger partial charge in [0.1, 0.15) is 0 Å². The normalized spacial score (nSPS) is 13.2. The largest absolute Gasteiger partial charge is 0.379 e. The summed E-state index contributed by atoms with van der Waals surface area (Å²) in [7, 11) is 0. The zero-order valence-corrected chi connectivity index (χ0v) is 24.8. The molecule has 3 aromatic carbocycles. The van der Waals surface area contributed by atoms with E-state index in [9.17, 15) is 4.79 Å². The van der Waals surface area contributed by atoms with E-state index in [2.05, 4.69) is 63.7 Å². The molecule has 4 aromatic rings. The van der Waals surface area contributed by atoms with Crippen molar-refractivity contribution < 1.29 is 9.53 Å². The molecule has 9 heteroatoms. The second-order valence-electron chi connectivity index (χ2n) is 9.44. The van der Waals surface area contributed by atoms with Gasteiger partial charge in [0.25, 0.3) is 0 Å². The van der Waals surface area contributed by atoms with Crippen molar-refractivity contribution in [3.8, 4) is 11.3 Å². The topological polar surface area (TPSA) is 57.7 Å². The maximum atomic E-state index is 13.6. The smallest absolute Gasteiger partial charge is 0.323 e. The summed E-state index contributed by atoms with van der Waals surface area (Å²) in [4.78, 5) is 22.5. The van der Waals surface area contributed by atoms with E-state index in [0.29, 0.717) is 18.2 Å². The lowest BCUT2D eigenvalue weighted by atomic mass is 9.88. The number of nitrogens with one attached hydrogen (secondary N) is 1. The molecule has 1 aliphatic heterocycles. The van der Waals surface area contributed by atoms with Gasteiger partial charge in [-0.1, -0.05) is 91.0 Å². The van der Waals surface area contributed by atoms with Crippen LogP contribution in [-0.4, -0.2) is 66.8 Å². The van der Waals surface area contributed by atoms with Crippen LogP contribution in [0.5, 0.6) is 0 Å². The van der Waals surface area contributed by atoms with Gasteiger partial charge in [-0.15, -0.1) is 36.2 Å². The fraction of sp³-hybridized carbons (Fsp3) is 0.290. The first kappa shape index (κ1) is 31.6. The minimum Gasteiger partial charge on any atom is -0.379 e. The number of carbonyl (C=O) groups excluding carboxylic acids is 1. The second kappa shape index (κ2) is 16.4. The average molecular weight is 600 g/mol. The van der Waals surface area contributed by atoms with Gasteiger partial charge >= 0.3 is 6.03 Å². The average Bonchev–Trinajstić information content (AvgIpc) is 3.45. The van der Waals surface area contributed by atoms with Crippen LogP contribution in [-0.2, 0) is 4.74 Å². The van der Waals surface area contributed by atoms with Gasteiger partial charge < -0.3 is 9.64 Å². The van der Waals surface area contributed by atoms with Crippen LogP contribution >= 0.6 is 36.2 Å². The fourth-order valence-corrected chi connectivity index (χ4v) is 5.54. The maximum Gasteiger partial charge on any atom is 0.323 e. The highest BCUT2D eigenvalue weighted by molar-refractivity contribution is 7.14. The first-order valence-electron chi connectivity index (χ1n) is 13.2. The summed E-state index contributed by atoms with van der Waals surface area (Å²) in [6, 6.07) is 31.1. The Balaban J connectivity index is 0.00000220. The van der Waals surface area contributed by atoms with Crippen LogP contribution in [0.4, 0.5) is 9.93 Å². The first-order chi connectivity index (χ1) is 18.8. The quantitative estimate of drug-likeness (QED) is 0.213. The molecule has 1 N–H and O–H groups in total. The summed E-state index contributed by atoms with van der Waals surface area (Å²) in [5, 5.41) is 5.68. The van der Waals surface area contributed by atoms with Crippen molar-refractivity contribution in [3.63, 3.8) is 0 Å². The molecule has 212 valence electrons. The number of amides is 2. The Morgan fingerprint density at radius 2 is 1.45 bits per heavy atom. The van der Waals surface area contributed by atoms with Crippen LogP contribution in [0.3, 0.4) is 0 Å². The highest BCUT2D eigenvalue weighted by atomic mass is 35.5. The minimum absolute atomic E-state index is 0. The molecule has 1 fully saturated rings. The predicted octanol–water partition coefficient (Wildman–Crippen LogP) is 7.04. The highest BCUT2D eigenvalue weighted by Crippen LogP contribution is 2.29. The number of morpholine rings is 1. The van der Waals surface area contributed by atoms with E-state index in [1.807, 2.05) is 52.7 Å². The molecule has 5 rings (SSSR count). The van der Waals surface area contributed by atoms with Crippen LogP contribution in [0.25, 0.3) is 11.3 Å². The molecule has 2 heterocycles. The third-order valence-corrected chi connectivity index (χ3v) is 7.71. The van der Waals surface area contributed by atoms with Gasteiger partial charge in [-0.2, -0.15) is 0 Å². The molecule has 0 spiro atoms. The van der Waals surface area contributed by atoms with Crippen molar-refractivity contribution in [2.75, 3.05) is 51.3 Å². The second-order valence-corrected chi connectivity index (χ2v) is 10.3. The van der Waals surface area contributed by atoms with E-state index in [1.54, 1.807) is 0 Å². The third kappa shape index (κ3) is 8.78. The van der Waals surface area contributed by atoms with Crippen molar-refractivity contribution in [2.24, 2.45) is 0 Å². The molecule has 0 aliphatic carbocycles. The predicted molar refractivity (Wildman–Crippen MR) is 169 cm³/mol. The number of hydrogen-bond acceptors (Lipinski definition) is 5. The van der Waals surface area contributed by atoms with Crippen molar-refractivity contribution in [1.82, 2.24) is 14.8 Å². The lowest BCUT2D eigenvalue weighted by Crippen LogP contribution is -2.44. The molecular formula is C31H36Cl2N4O2S. The van der Waals surface area contributed by atoms with E-state index < -0.39 is 0 Å². The SMILES string of the molecule is Cl.Cl.O=C(Nc1nc(-c2ccccc2)cs1)N(CCC(c1ccccc1)c1ccccc1)CCN1CCOCC1. The molecular weight excluding hydrogens is 563 g/mol. The minimum atomic E-state index is -0.105. The van der Waals surface area contributed by atoms with Crippen LogP contribution in [0.2, 0.25) is 0 Å². The van der Waals surface area contributed by atoms with E-state index in [0.717, 1.165) is 50.5 Å². The number of hydrogen-bond donors (Lipinski definition) is 1. The number of thiazole rings is 1. The Morgan fingerprint density at radius 3 is 2.05 bits per heavy atom.